The second-order valence-corrected chi connectivity index (χ2v) is 10.7. The molecule has 0 saturated carbocycles. The van der Waals surface area contributed by atoms with Gasteiger partial charge in [-0.15, -0.1) is 28.2 Å². The summed E-state index contributed by atoms with van der Waals surface area (Å²) in [5.74, 6) is -2.20. The minimum atomic E-state index is -1.82. The molecule has 2 aliphatic rings. The monoisotopic (exact) mass is 566 g/mol. The summed E-state index contributed by atoms with van der Waals surface area (Å²) in [4.78, 5) is 52.7. The number of carbonyl (C=O) groups excluding carboxylic acids is 3. The number of rotatable bonds is 10. The molecule has 17 heteroatoms. The lowest BCUT2D eigenvalue weighted by atomic mass is 9.97. The predicted octanol–water partition coefficient (Wildman–Crippen LogP) is 0.260. The normalized spacial score (nSPS) is 21.5. The van der Waals surface area contributed by atoms with Gasteiger partial charge in [-0.05, 0) is 33.6 Å². The number of carboxylic acid groups (broad SMARTS) is 1. The molecule has 4 rings (SSSR count). The number of carbonyl (C=O) groups is 4. The van der Waals surface area contributed by atoms with E-state index in [1.807, 2.05) is 0 Å². The number of aromatic nitrogens is 4. The van der Waals surface area contributed by atoms with Crippen LogP contribution in [0, 0.1) is 0 Å². The van der Waals surface area contributed by atoms with Crippen molar-refractivity contribution in [2.24, 2.45) is 7.05 Å². The van der Waals surface area contributed by atoms with Gasteiger partial charge in [0.15, 0.2) is 0 Å². The topological polar surface area (TPSA) is 181 Å². The first-order chi connectivity index (χ1) is 17.7. The standard InChI is InChI=1S/C20H22N8O6S3/c1-4-21-18(33)22-12(11-6-5-7-35-11)14(29)23-20(34-3)16(32)28-13(15(30)31)10(8-36-17(20)28)9-37-19-24-25-26-27(19)2/h4-7,12,17H,1,8-9H2,2-3H3,(H,23,29)(H,30,31)(H2,21,22,33)/t12?,17?,20-/m1/s1. The van der Waals surface area contributed by atoms with Gasteiger partial charge in [-0.25, -0.2) is 14.3 Å². The summed E-state index contributed by atoms with van der Waals surface area (Å²) >= 11 is 3.73. The number of thioether (sulfide) groups is 2. The molecule has 0 spiro atoms. The summed E-state index contributed by atoms with van der Waals surface area (Å²) in [5, 5.41) is 30.0. The number of tetrazole rings is 1. The van der Waals surface area contributed by atoms with E-state index in [-0.39, 0.29) is 17.2 Å². The van der Waals surface area contributed by atoms with E-state index in [1.165, 1.54) is 46.7 Å². The van der Waals surface area contributed by atoms with Crippen LogP contribution in [0.1, 0.15) is 10.9 Å². The number of hydrogen-bond donors (Lipinski definition) is 4. The summed E-state index contributed by atoms with van der Waals surface area (Å²) < 4.78 is 6.96. The van der Waals surface area contributed by atoms with Crippen molar-refractivity contribution in [2.75, 3.05) is 18.6 Å². The van der Waals surface area contributed by atoms with Crippen LogP contribution in [0.3, 0.4) is 0 Å². The molecular formula is C20H22N8O6S3. The van der Waals surface area contributed by atoms with Gasteiger partial charge in [-0.3, -0.25) is 14.5 Å². The lowest BCUT2D eigenvalue weighted by Gasteiger charge is -2.56. The van der Waals surface area contributed by atoms with E-state index < -0.39 is 41.0 Å². The van der Waals surface area contributed by atoms with E-state index in [4.69, 9.17) is 4.74 Å². The van der Waals surface area contributed by atoms with Crippen LogP contribution in [0.4, 0.5) is 4.79 Å². The predicted molar refractivity (Wildman–Crippen MR) is 134 cm³/mol. The highest BCUT2D eigenvalue weighted by Gasteiger charge is 2.67. The molecule has 0 radical (unpaired) electrons. The molecule has 2 aliphatic heterocycles. The number of amides is 4. The van der Waals surface area contributed by atoms with Crippen molar-refractivity contribution >= 4 is 58.7 Å². The van der Waals surface area contributed by atoms with Crippen LogP contribution in [0.25, 0.3) is 0 Å². The zero-order chi connectivity index (χ0) is 26.7. The van der Waals surface area contributed by atoms with Gasteiger partial charge in [-0.1, -0.05) is 24.4 Å². The van der Waals surface area contributed by atoms with Crippen molar-refractivity contribution < 1.29 is 29.0 Å². The van der Waals surface area contributed by atoms with Gasteiger partial charge >= 0.3 is 12.0 Å². The molecule has 2 aromatic rings. The summed E-state index contributed by atoms with van der Waals surface area (Å²) in [5.41, 5.74) is -1.48. The first kappa shape index (κ1) is 26.6. The van der Waals surface area contributed by atoms with E-state index in [0.717, 1.165) is 11.1 Å². The maximum absolute atomic E-state index is 13.4. The molecule has 0 aliphatic carbocycles. The minimum absolute atomic E-state index is 0.170. The summed E-state index contributed by atoms with van der Waals surface area (Å²) in [7, 11) is 2.92. The molecule has 0 bridgehead atoms. The Morgan fingerprint density at radius 2 is 2.24 bits per heavy atom. The Morgan fingerprint density at radius 3 is 2.84 bits per heavy atom. The van der Waals surface area contributed by atoms with Crippen molar-refractivity contribution in [3.8, 4) is 0 Å². The van der Waals surface area contributed by atoms with Gasteiger partial charge in [0.2, 0.25) is 5.16 Å². The Labute approximate surface area is 222 Å². The number of aliphatic carboxylic acids is 1. The number of β-lactam (4-membered cyclic amide) rings is 1. The molecule has 0 aromatic carbocycles. The number of fused-ring (bicyclic) bond motifs is 1. The zero-order valence-electron chi connectivity index (χ0n) is 19.5. The average molecular weight is 567 g/mol. The molecule has 14 nitrogen and oxygen atoms in total. The van der Waals surface area contributed by atoms with E-state index in [0.29, 0.717) is 15.6 Å². The number of thiophene rings is 1. The fourth-order valence-electron chi connectivity index (χ4n) is 3.79. The maximum Gasteiger partial charge on any atom is 0.352 e. The highest BCUT2D eigenvalue weighted by molar-refractivity contribution is 8.01. The van der Waals surface area contributed by atoms with Crippen LogP contribution in [0.2, 0.25) is 0 Å². The van der Waals surface area contributed by atoms with E-state index in [1.54, 1.807) is 24.6 Å². The molecule has 1 saturated heterocycles. The maximum atomic E-state index is 13.4. The average Bonchev–Trinajstić information content (AvgIpc) is 3.55. The van der Waals surface area contributed by atoms with Gasteiger partial charge in [0.1, 0.15) is 17.1 Å². The smallest absolute Gasteiger partial charge is 0.352 e. The third kappa shape index (κ3) is 4.94. The molecule has 3 atom stereocenters. The Kier molecular flexibility index (Phi) is 7.86. The van der Waals surface area contributed by atoms with E-state index >= 15 is 0 Å². The molecule has 2 aromatic heterocycles. The largest absolute Gasteiger partial charge is 0.477 e. The molecule has 37 heavy (non-hydrogen) atoms. The van der Waals surface area contributed by atoms with Gasteiger partial charge in [0, 0.05) is 30.5 Å². The van der Waals surface area contributed by atoms with Crippen molar-refractivity contribution in [2.45, 2.75) is 22.3 Å². The highest BCUT2D eigenvalue weighted by Crippen LogP contribution is 2.47. The summed E-state index contributed by atoms with van der Waals surface area (Å²) in [6.07, 6.45) is 1.16. The minimum Gasteiger partial charge on any atom is -0.477 e. The Hall–Kier alpha value is -3.41. The highest BCUT2D eigenvalue weighted by atomic mass is 32.2. The van der Waals surface area contributed by atoms with Gasteiger partial charge in [0.25, 0.3) is 17.5 Å². The van der Waals surface area contributed by atoms with Crippen LogP contribution >= 0.6 is 34.9 Å². The quantitative estimate of drug-likeness (QED) is 0.176. The molecule has 4 amide bonds. The first-order valence-corrected chi connectivity index (χ1v) is 13.5. The number of nitrogens with zero attached hydrogens (tertiary/aromatic N) is 5. The fraction of sp³-hybridized carbons (Fsp3) is 0.350. The van der Waals surface area contributed by atoms with Gasteiger partial charge in [-0.2, -0.15) is 0 Å². The van der Waals surface area contributed by atoms with Crippen LogP contribution in [0.15, 0.2) is 46.7 Å². The number of aryl methyl sites for hydroxylation is 1. The molecule has 1 fully saturated rings. The summed E-state index contributed by atoms with van der Waals surface area (Å²) in [6, 6.07) is 1.57. The Balaban J connectivity index is 1.56. The van der Waals surface area contributed by atoms with Gasteiger partial charge in [0.05, 0.1) is 0 Å². The van der Waals surface area contributed by atoms with Gasteiger partial charge < -0.3 is 25.8 Å². The molecular weight excluding hydrogens is 544 g/mol. The van der Waals surface area contributed by atoms with Crippen LogP contribution in [-0.4, -0.2) is 83.7 Å². The number of urea groups is 1. The molecule has 4 N–H and O–H groups in total. The van der Waals surface area contributed by atoms with Crippen molar-refractivity contribution in [1.29, 1.82) is 0 Å². The zero-order valence-corrected chi connectivity index (χ0v) is 22.0. The molecule has 196 valence electrons. The van der Waals surface area contributed by atoms with Crippen molar-refractivity contribution in [1.82, 2.24) is 41.1 Å². The summed E-state index contributed by atoms with van der Waals surface area (Å²) in [6.45, 7) is 3.42. The number of nitrogens with one attached hydrogen (secondary N) is 3. The third-order valence-electron chi connectivity index (χ3n) is 5.50. The fourth-order valence-corrected chi connectivity index (χ4v) is 6.99. The van der Waals surface area contributed by atoms with Crippen LogP contribution in [0.5, 0.6) is 0 Å². The number of ether oxygens (including phenoxy) is 1. The second-order valence-electron chi connectivity index (χ2n) is 7.67. The van der Waals surface area contributed by atoms with Crippen molar-refractivity contribution in [3.05, 3.63) is 46.4 Å². The number of hydrogen-bond acceptors (Lipinski definition) is 11. The Bertz CT molecular complexity index is 1260. The van der Waals surface area contributed by atoms with Crippen LogP contribution in [-0.2, 0) is 26.2 Å². The molecule has 2 unspecified atom stereocenters. The Morgan fingerprint density at radius 1 is 1.46 bits per heavy atom. The van der Waals surface area contributed by atoms with E-state index in [9.17, 15) is 24.3 Å². The molecule has 4 heterocycles. The SMILES string of the molecule is C=CNC(=O)NC(C(=O)N[C@@]1(OC)C(=O)N2C(C(=O)O)=C(CSc3nnnn3C)CSC21)c1cccs1. The lowest BCUT2D eigenvalue weighted by Crippen LogP contribution is -2.81. The lowest BCUT2D eigenvalue weighted by molar-refractivity contribution is -0.192. The van der Waals surface area contributed by atoms with Crippen LogP contribution < -0.4 is 16.0 Å². The number of methoxy groups -OCH3 is 1. The first-order valence-electron chi connectivity index (χ1n) is 10.6. The van der Waals surface area contributed by atoms with E-state index in [2.05, 4.69) is 38.1 Å². The second kappa shape index (κ2) is 10.9. The number of carboxylic acids is 1. The third-order valence-corrected chi connectivity index (χ3v) is 8.91. The van der Waals surface area contributed by atoms with Crippen molar-refractivity contribution in [3.63, 3.8) is 0 Å².